The molecule has 4 nitrogen and oxygen atoms in total. The van der Waals surface area contributed by atoms with Crippen molar-refractivity contribution in [3.8, 4) is 5.75 Å². The van der Waals surface area contributed by atoms with Crippen molar-refractivity contribution in [2.24, 2.45) is 0 Å². The Morgan fingerprint density at radius 1 is 1.25 bits per heavy atom. The summed E-state index contributed by atoms with van der Waals surface area (Å²) in [7, 11) is 4.58. The Balaban J connectivity index is 2.65. The van der Waals surface area contributed by atoms with E-state index in [1.807, 2.05) is 0 Å². The summed E-state index contributed by atoms with van der Waals surface area (Å²) in [5.74, 6) is 0.252. The van der Waals surface area contributed by atoms with Gasteiger partial charge in [-0.3, -0.25) is 0 Å². The van der Waals surface area contributed by atoms with E-state index < -0.39 is 6.29 Å². The summed E-state index contributed by atoms with van der Waals surface area (Å²) in [6.07, 6.45) is -0.411. The highest BCUT2D eigenvalue weighted by Crippen LogP contribution is 2.20. The molecule has 5 heteroatoms. The highest BCUT2D eigenvalue weighted by molar-refractivity contribution is 5.49. The third kappa shape index (κ3) is 3.36. The van der Waals surface area contributed by atoms with Gasteiger partial charge in [0.05, 0.1) is 19.3 Å². The molecule has 90 valence electrons. The van der Waals surface area contributed by atoms with E-state index in [2.05, 4.69) is 5.32 Å². The number of benzene rings is 1. The van der Waals surface area contributed by atoms with Gasteiger partial charge in [0.1, 0.15) is 11.6 Å². The minimum absolute atomic E-state index is 0.341. The lowest BCUT2D eigenvalue weighted by Crippen LogP contribution is -2.23. The maximum atomic E-state index is 13.4. The van der Waals surface area contributed by atoms with E-state index in [0.717, 1.165) is 0 Å². The molecule has 0 aromatic heterocycles. The Kier molecular flexibility index (Phi) is 5.01. The zero-order chi connectivity index (χ0) is 12.0. The molecule has 0 saturated heterocycles. The maximum Gasteiger partial charge on any atom is 0.173 e. The molecule has 0 bridgehead atoms. The van der Waals surface area contributed by atoms with Crippen molar-refractivity contribution in [3.63, 3.8) is 0 Å². The van der Waals surface area contributed by atoms with Crippen molar-refractivity contribution in [1.82, 2.24) is 0 Å². The molecule has 0 heterocycles. The fourth-order valence-electron chi connectivity index (χ4n) is 1.22. The van der Waals surface area contributed by atoms with Crippen molar-refractivity contribution in [1.29, 1.82) is 0 Å². The van der Waals surface area contributed by atoms with Gasteiger partial charge in [0.2, 0.25) is 0 Å². The quantitative estimate of drug-likeness (QED) is 0.756. The predicted octanol–water partition coefficient (Wildman–Crippen LogP) is 1.87. The number of methoxy groups -OCH3 is 3. The summed E-state index contributed by atoms with van der Waals surface area (Å²) in [6, 6.07) is 4.48. The number of halogens is 1. The summed E-state index contributed by atoms with van der Waals surface area (Å²) in [6.45, 7) is 0.358. The second-order valence-corrected chi connectivity index (χ2v) is 3.13. The Hall–Kier alpha value is -1.33. The number of nitrogens with one attached hydrogen (secondary N) is 1. The van der Waals surface area contributed by atoms with Crippen LogP contribution in [-0.2, 0) is 9.47 Å². The van der Waals surface area contributed by atoms with Crippen LogP contribution >= 0.6 is 0 Å². The number of hydrogen-bond donors (Lipinski definition) is 1. The average molecular weight is 229 g/mol. The van der Waals surface area contributed by atoms with Gasteiger partial charge >= 0.3 is 0 Å². The minimum atomic E-state index is -0.411. The van der Waals surface area contributed by atoms with Crippen LogP contribution in [0.1, 0.15) is 0 Å². The van der Waals surface area contributed by atoms with E-state index in [4.69, 9.17) is 14.2 Å². The number of rotatable bonds is 6. The van der Waals surface area contributed by atoms with Crippen LogP contribution in [0, 0.1) is 5.82 Å². The molecule has 0 atom stereocenters. The summed E-state index contributed by atoms with van der Waals surface area (Å²) in [4.78, 5) is 0. The molecule has 1 aromatic rings. The second-order valence-electron chi connectivity index (χ2n) is 3.13. The van der Waals surface area contributed by atoms with E-state index in [-0.39, 0.29) is 5.82 Å². The van der Waals surface area contributed by atoms with Crippen LogP contribution in [0.15, 0.2) is 18.2 Å². The summed E-state index contributed by atoms with van der Waals surface area (Å²) < 4.78 is 28.3. The topological polar surface area (TPSA) is 39.7 Å². The number of anilines is 1. The number of hydrogen-bond acceptors (Lipinski definition) is 4. The summed E-state index contributed by atoms with van der Waals surface area (Å²) in [5, 5.41) is 2.88. The lowest BCUT2D eigenvalue weighted by atomic mass is 10.3. The van der Waals surface area contributed by atoms with Crippen LogP contribution < -0.4 is 10.1 Å². The van der Waals surface area contributed by atoms with Crippen molar-refractivity contribution in [2.75, 3.05) is 33.2 Å². The Labute approximate surface area is 94.3 Å². The predicted molar refractivity (Wildman–Crippen MR) is 59.2 cm³/mol. The molecule has 0 amide bonds. The number of ether oxygens (including phenoxy) is 3. The van der Waals surface area contributed by atoms with Gasteiger partial charge in [-0.1, -0.05) is 0 Å². The van der Waals surface area contributed by atoms with E-state index in [9.17, 15) is 4.39 Å². The first-order valence-corrected chi connectivity index (χ1v) is 4.84. The largest absolute Gasteiger partial charge is 0.497 e. The van der Waals surface area contributed by atoms with E-state index in [1.54, 1.807) is 12.1 Å². The van der Waals surface area contributed by atoms with Crippen molar-refractivity contribution in [3.05, 3.63) is 24.0 Å². The van der Waals surface area contributed by atoms with E-state index in [0.29, 0.717) is 18.0 Å². The first-order chi connectivity index (χ1) is 7.71. The molecule has 0 fully saturated rings. The average Bonchev–Trinajstić information content (AvgIpc) is 2.32. The van der Waals surface area contributed by atoms with Crippen LogP contribution in [0.2, 0.25) is 0 Å². The zero-order valence-corrected chi connectivity index (χ0v) is 9.62. The molecule has 0 aliphatic carbocycles. The third-order valence-corrected chi connectivity index (χ3v) is 2.16. The molecular formula is C11H16FNO3. The summed E-state index contributed by atoms with van der Waals surface area (Å²) >= 11 is 0. The van der Waals surface area contributed by atoms with Gasteiger partial charge in [0.15, 0.2) is 6.29 Å². The zero-order valence-electron chi connectivity index (χ0n) is 9.62. The molecule has 0 aliphatic rings. The van der Waals surface area contributed by atoms with Gasteiger partial charge in [-0.2, -0.15) is 0 Å². The van der Waals surface area contributed by atoms with Gasteiger partial charge in [0, 0.05) is 20.3 Å². The lowest BCUT2D eigenvalue weighted by Gasteiger charge is -2.15. The smallest absolute Gasteiger partial charge is 0.173 e. The molecule has 1 rings (SSSR count). The fraction of sp³-hybridized carbons (Fsp3) is 0.455. The van der Waals surface area contributed by atoms with Crippen LogP contribution in [0.4, 0.5) is 10.1 Å². The van der Waals surface area contributed by atoms with Crippen LogP contribution in [0.25, 0.3) is 0 Å². The normalized spacial score (nSPS) is 10.6. The Morgan fingerprint density at radius 2 is 1.94 bits per heavy atom. The minimum Gasteiger partial charge on any atom is -0.497 e. The first kappa shape index (κ1) is 12.7. The van der Waals surface area contributed by atoms with Crippen molar-refractivity contribution in [2.45, 2.75) is 6.29 Å². The van der Waals surface area contributed by atoms with Gasteiger partial charge in [-0.25, -0.2) is 4.39 Å². The molecule has 0 radical (unpaired) electrons. The van der Waals surface area contributed by atoms with Gasteiger partial charge in [-0.15, -0.1) is 0 Å². The van der Waals surface area contributed by atoms with E-state index in [1.165, 1.54) is 27.4 Å². The maximum absolute atomic E-state index is 13.4. The molecule has 0 unspecified atom stereocenters. The highest BCUT2D eigenvalue weighted by Gasteiger charge is 2.08. The van der Waals surface area contributed by atoms with Crippen LogP contribution in [-0.4, -0.2) is 34.2 Å². The fourth-order valence-corrected chi connectivity index (χ4v) is 1.22. The SMILES string of the molecule is COc1ccc(F)c(NCC(OC)OC)c1. The Morgan fingerprint density at radius 3 is 2.50 bits per heavy atom. The molecule has 16 heavy (non-hydrogen) atoms. The van der Waals surface area contributed by atoms with Crippen molar-refractivity contribution >= 4 is 5.69 Å². The molecular weight excluding hydrogens is 213 g/mol. The van der Waals surface area contributed by atoms with Gasteiger partial charge in [-0.05, 0) is 12.1 Å². The first-order valence-electron chi connectivity index (χ1n) is 4.84. The standard InChI is InChI=1S/C11H16FNO3/c1-14-8-4-5-9(12)10(6-8)13-7-11(15-2)16-3/h4-6,11,13H,7H2,1-3H3. The molecule has 1 aromatic carbocycles. The van der Waals surface area contributed by atoms with Crippen LogP contribution in [0.3, 0.4) is 0 Å². The molecule has 0 aliphatic heterocycles. The van der Waals surface area contributed by atoms with Crippen molar-refractivity contribution < 1.29 is 18.6 Å². The second kappa shape index (κ2) is 6.30. The van der Waals surface area contributed by atoms with Gasteiger partial charge in [0.25, 0.3) is 0 Å². The molecule has 1 N–H and O–H groups in total. The Bertz CT molecular complexity index is 329. The molecule has 0 spiro atoms. The summed E-state index contributed by atoms with van der Waals surface area (Å²) in [5.41, 5.74) is 0.360. The highest BCUT2D eigenvalue weighted by atomic mass is 19.1. The monoisotopic (exact) mass is 229 g/mol. The van der Waals surface area contributed by atoms with Gasteiger partial charge < -0.3 is 19.5 Å². The van der Waals surface area contributed by atoms with Crippen LogP contribution in [0.5, 0.6) is 5.75 Å². The molecule has 0 saturated carbocycles. The lowest BCUT2D eigenvalue weighted by molar-refractivity contribution is -0.0914. The van der Waals surface area contributed by atoms with E-state index >= 15 is 0 Å². The third-order valence-electron chi connectivity index (χ3n) is 2.16.